The van der Waals surface area contributed by atoms with Crippen LogP contribution < -0.4 is 0 Å². The van der Waals surface area contributed by atoms with Crippen LogP contribution in [0.25, 0.3) is 0 Å². The Bertz CT molecular complexity index is 616. The van der Waals surface area contributed by atoms with E-state index in [-0.39, 0.29) is 0 Å². The average molecular weight is 329 g/mol. The van der Waals surface area contributed by atoms with Crippen LogP contribution in [0.15, 0.2) is 24.3 Å². The number of nitrogens with zero attached hydrogens (tertiary/aromatic N) is 1. The maximum Gasteiger partial charge on any atom is 0.410 e. The Morgan fingerprint density at radius 2 is 1.77 bits per heavy atom. The molecule has 1 unspecified atom stereocenters. The van der Waals surface area contributed by atoms with Gasteiger partial charge in [-0.3, -0.25) is 4.55 Å². The fourth-order valence-corrected chi connectivity index (χ4v) is 2.25. The molecule has 22 heavy (non-hydrogen) atoms. The summed E-state index contributed by atoms with van der Waals surface area (Å²) in [7, 11) is -2.48. The molecule has 7 heteroatoms. The van der Waals surface area contributed by atoms with Crippen molar-refractivity contribution >= 4 is 16.2 Å². The molecule has 0 fully saturated rings. The molecule has 0 saturated carbocycles. The standard InChI is InChI=1S/C15H23NO5S/c1-11(22(18,19)20)13-8-6-12(7-9-13)10-16(5)14(17)21-15(2,3)4/h6-9,11H,10H2,1-5H3,(H,18,19,20). The number of benzene rings is 1. The van der Waals surface area contributed by atoms with Gasteiger partial charge in [0.25, 0.3) is 10.1 Å². The molecular weight excluding hydrogens is 306 g/mol. The normalized spacial score (nSPS) is 13.5. The lowest BCUT2D eigenvalue weighted by Crippen LogP contribution is -2.33. The predicted octanol–water partition coefficient (Wildman–Crippen LogP) is 3.00. The minimum atomic E-state index is -4.11. The lowest BCUT2D eigenvalue weighted by molar-refractivity contribution is 0.0285. The smallest absolute Gasteiger partial charge is 0.410 e. The first-order valence-corrected chi connectivity index (χ1v) is 8.40. The van der Waals surface area contributed by atoms with E-state index in [2.05, 4.69) is 0 Å². The van der Waals surface area contributed by atoms with Crippen LogP contribution in [-0.4, -0.2) is 36.6 Å². The number of carbonyl (C=O) groups excluding carboxylic acids is 1. The van der Waals surface area contributed by atoms with Crippen molar-refractivity contribution in [3.05, 3.63) is 35.4 Å². The molecule has 0 radical (unpaired) electrons. The number of hydrogen-bond donors (Lipinski definition) is 1. The molecule has 1 aromatic carbocycles. The van der Waals surface area contributed by atoms with Crippen molar-refractivity contribution in [3.63, 3.8) is 0 Å². The van der Waals surface area contributed by atoms with Gasteiger partial charge in [0.2, 0.25) is 0 Å². The van der Waals surface area contributed by atoms with Crippen LogP contribution in [0.1, 0.15) is 44.1 Å². The quantitative estimate of drug-likeness (QED) is 0.858. The molecule has 0 aromatic heterocycles. The first-order chi connectivity index (χ1) is 9.90. The summed E-state index contributed by atoms with van der Waals surface area (Å²) >= 11 is 0. The summed E-state index contributed by atoms with van der Waals surface area (Å²) in [5.41, 5.74) is 0.769. The molecular formula is C15H23NO5S. The lowest BCUT2D eigenvalue weighted by Gasteiger charge is -2.24. The zero-order valence-corrected chi connectivity index (χ0v) is 14.3. The molecule has 1 atom stereocenters. The van der Waals surface area contributed by atoms with Crippen LogP contribution in [0.4, 0.5) is 4.79 Å². The second kappa shape index (κ2) is 6.66. The Labute approximate surface area is 131 Å². The molecule has 0 saturated heterocycles. The average Bonchev–Trinajstić information content (AvgIpc) is 2.35. The lowest BCUT2D eigenvalue weighted by atomic mass is 10.1. The molecule has 1 aromatic rings. The largest absolute Gasteiger partial charge is 0.444 e. The third-order valence-corrected chi connectivity index (χ3v) is 4.19. The molecule has 0 spiro atoms. The van der Waals surface area contributed by atoms with Crippen molar-refractivity contribution in [1.82, 2.24) is 4.90 Å². The van der Waals surface area contributed by atoms with Crippen LogP contribution in [-0.2, 0) is 21.4 Å². The van der Waals surface area contributed by atoms with Gasteiger partial charge in [-0.15, -0.1) is 0 Å². The summed E-state index contributed by atoms with van der Waals surface area (Å²) in [5, 5.41) is -0.981. The van der Waals surface area contributed by atoms with Crippen LogP contribution in [0, 0.1) is 0 Å². The molecule has 0 aliphatic carbocycles. The fourth-order valence-electron chi connectivity index (χ4n) is 1.74. The Kier molecular flexibility index (Phi) is 5.59. The van der Waals surface area contributed by atoms with Gasteiger partial charge in [0.15, 0.2) is 0 Å². The van der Waals surface area contributed by atoms with Crippen molar-refractivity contribution in [2.45, 2.75) is 45.1 Å². The molecule has 0 aliphatic heterocycles. The number of amides is 1. The predicted molar refractivity (Wildman–Crippen MR) is 84.1 cm³/mol. The number of carbonyl (C=O) groups is 1. The minimum absolute atomic E-state index is 0.343. The maximum atomic E-state index is 11.9. The summed E-state index contributed by atoms with van der Waals surface area (Å²) in [6.07, 6.45) is -0.428. The van der Waals surface area contributed by atoms with E-state index in [0.29, 0.717) is 12.1 Å². The van der Waals surface area contributed by atoms with Crippen molar-refractivity contribution in [2.75, 3.05) is 7.05 Å². The highest BCUT2D eigenvalue weighted by Gasteiger charge is 2.21. The van der Waals surface area contributed by atoms with Crippen molar-refractivity contribution in [3.8, 4) is 0 Å². The Balaban J connectivity index is 2.74. The summed E-state index contributed by atoms with van der Waals surface area (Å²) in [6.45, 7) is 7.14. The third kappa shape index (κ3) is 5.65. The van der Waals surface area contributed by atoms with E-state index >= 15 is 0 Å². The van der Waals surface area contributed by atoms with Crippen LogP contribution in [0.3, 0.4) is 0 Å². The van der Waals surface area contributed by atoms with E-state index in [9.17, 15) is 13.2 Å². The van der Waals surface area contributed by atoms with Gasteiger partial charge in [-0.25, -0.2) is 4.79 Å². The molecule has 0 bridgehead atoms. The van der Waals surface area contributed by atoms with Crippen LogP contribution in [0.5, 0.6) is 0 Å². The van der Waals surface area contributed by atoms with E-state index in [4.69, 9.17) is 9.29 Å². The van der Waals surface area contributed by atoms with E-state index in [1.54, 1.807) is 52.1 Å². The van der Waals surface area contributed by atoms with Crippen molar-refractivity contribution < 1.29 is 22.5 Å². The fraction of sp³-hybridized carbons (Fsp3) is 0.533. The highest BCUT2D eigenvalue weighted by molar-refractivity contribution is 7.86. The second-order valence-electron chi connectivity index (χ2n) is 6.24. The molecule has 6 nitrogen and oxygen atoms in total. The summed E-state index contributed by atoms with van der Waals surface area (Å²) < 4.78 is 36.5. The molecule has 124 valence electrons. The van der Waals surface area contributed by atoms with E-state index in [0.717, 1.165) is 5.56 Å². The summed E-state index contributed by atoms with van der Waals surface area (Å²) in [6, 6.07) is 6.68. The highest BCUT2D eigenvalue weighted by Crippen LogP contribution is 2.21. The van der Waals surface area contributed by atoms with E-state index in [1.807, 2.05) is 0 Å². The van der Waals surface area contributed by atoms with Gasteiger partial charge < -0.3 is 9.64 Å². The third-order valence-electron chi connectivity index (χ3n) is 3.02. The molecule has 1 amide bonds. The van der Waals surface area contributed by atoms with Gasteiger partial charge in [0, 0.05) is 13.6 Å². The van der Waals surface area contributed by atoms with Gasteiger partial charge in [-0.05, 0) is 38.8 Å². The Hall–Kier alpha value is -1.60. The van der Waals surface area contributed by atoms with Gasteiger partial charge in [-0.1, -0.05) is 24.3 Å². The highest BCUT2D eigenvalue weighted by atomic mass is 32.2. The van der Waals surface area contributed by atoms with Gasteiger partial charge >= 0.3 is 6.09 Å². The monoisotopic (exact) mass is 329 g/mol. The zero-order chi connectivity index (χ0) is 17.1. The first-order valence-electron chi connectivity index (χ1n) is 6.89. The molecule has 1 N–H and O–H groups in total. The van der Waals surface area contributed by atoms with Crippen LogP contribution >= 0.6 is 0 Å². The summed E-state index contributed by atoms with van der Waals surface area (Å²) in [5.74, 6) is 0. The van der Waals surface area contributed by atoms with Gasteiger partial charge in [-0.2, -0.15) is 8.42 Å². The molecule has 1 rings (SSSR count). The Morgan fingerprint density at radius 1 is 1.27 bits per heavy atom. The van der Waals surface area contributed by atoms with Crippen molar-refractivity contribution in [1.29, 1.82) is 0 Å². The van der Waals surface area contributed by atoms with E-state index < -0.39 is 27.1 Å². The SMILES string of the molecule is CC(c1ccc(CN(C)C(=O)OC(C)(C)C)cc1)S(=O)(=O)O. The molecule has 0 heterocycles. The first kappa shape index (κ1) is 18.4. The van der Waals surface area contributed by atoms with Crippen molar-refractivity contribution in [2.24, 2.45) is 0 Å². The molecule has 0 aliphatic rings. The van der Waals surface area contributed by atoms with E-state index in [1.165, 1.54) is 11.8 Å². The Morgan fingerprint density at radius 3 is 2.18 bits per heavy atom. The minimum Gasteiger partial charge on any atom is -0.444 e. The number of ether oxygens (including phenoxy) is 1. The maximum absolute atomic E-state index is 11.9. The topological polar surface area (TPSA) is 83.9 Å². The van der Waals surface area contributed by atoms with Gasteiger partial charge in [0.05, 0.1) is 0 Å². The van der Waals surface area contributed by atoms with Gasteiger partial charge in [0.1, 0.15) is 10.9 Å². The number of hydrogen-bond acceptors (Lipinski definition) is 4. The zero-order valence-electron chi connectivity index (χ0n) is 13.5. The van der Waals surface area contributed by atoms with Crippen LogP contribution in [0.2, 0.25) is 0 Å². The number of rotatable bonds is 4. The second-order valence-corrected chi connectivity index (χ2v) is 7.97. The summed E-state index contributed by atoms with van der Waals surface area (Å²) in [4.78, 5) is 13.3.